The van der Waals surface area contributed by atoms with E-state index in [1.807, 2.05) is 0 Å². The van der Waals surface area contributed by atoms with Crippen molar-refractivity contribution in [2.45, 2.75) is 64.5 Å². The third-order valence-electron chi connectivity index (χ3n) is 4.27. The zero-order chi connectivity index (χ0) is 13.9. The zero-order valence-electron chi connectivity index (χ0n) is 12.6. The van der Waals surface area contributed by atoms with E-state index in [0.717, 1.165) is 55.7 Å². The molecular weight excluding hydrogens is 250 g/mol. The third-order valence-corrected chi connectivity index (χ3v) is 4.27. The largest absolute Gasteiger partial charge is 0.370 e. The van der Waals surface area contributed by atoms with Gasteiger partial charge in [-0.25, -0.2) is 9.97 Å². The Kier molecular flexibility index (Phi) is 4.32. The Morgan fingerprint density at radius 1 is 1.15 bits per heavy atom. The van der Waals surface area contributed by atoms with Crippen LogP contribution in [0.3, 0.4) is 0 Å². The summed E-state index contributed by atoms with van der Waals surface area (Å²) in [5.74, 6) is 0.886. The number of nitrogens with zero attached hydrogens (tertiary/aromatic N) is 2. The lowest BCUT2D eigenvalue weighted by Crippen LogP contribution is -2.18. The third kappa shape index (κ3) is 3.36. The molecule has 1 unspecified atom stereocenters. The van der Waals surface area contributed by atoms with Crippen molar-refractivity contribution < 1.29 is 4.74 Å². The van der Waals surface area contributed by atoms with Crippen molar-refractivity contribution >= 4 is 0 Å². The first-order valence-electron chi connectivity index (χ1n) is 7.93. The van der Waals surface area contributed by atoms with Crippen LogP contribution in [-0.2, 0) is 11.2 Å². The molecule has 2 aliphatic rings. The summed E-state index contributed by atoms with van der Waals surface area (Å²) in [6.07, 6.45) is 7.26. The lowest BCUT2D eigenvalue weighted by molar-refractivity contribution is 0.104. The smallest absolute Gasteiger partial charge is 0.157 e. The first-order chi connectivity index (χ1) is 9.74. The van der Waals surface area contributed by atoms with Gasteiger partial charge in [-0.3, -0.25) is 0 Å². The zero-order valence-corrected chi connectivity index (χ0v) is 12.6. The highest BCUT2D eigenvalue weighted by Crippen LogP contribution is 2.27. The van der Waals surface area contributed by atoms with Crippen LogP contribution in [0.15, 0.2) is 0 Å². The summed E-state index contributed by atoms with van der Waals surface area (Å²) in [5, 5.41) is 3.56. The maximum Gasteiger partial charge on any atom is 0.157 e. The minimum absolute atomic E-state index is 0.123. The van der Waals surface area contributed by atoms with Gasteiger partial charge in [0.25, 0.3) is 0 Å². The number of aromatic nitrogens is 2. The van der Waals surface area contributed by atoms with Crippen LogP contribution in [0.2, 0.25) is 0 Å². The second-order valence-electron chi connectivity index (χ2n) is 6.06. The summed E-state index contributed by atoms with van der Waals surface area (Å²) in [4.78, 5) is 9.37. The quantitative estimate of drug-likeness (QED) is 0.811. The number of rotatable bonds is 6. The van der Waals surface area contributed by atoms with E-state index in [0.29, 0.717) is 0 Å². The van der Waals surface area contributed by atoms with E-state index < -0.39 is 0 Å². The monoisotopic (exact) mass is 275 g/mol. The van der Waals surface area contributed by atoms with Gasteiger partial charge in [0.15, 0.2) is 5.82 Å². The molecule has 1 aromatic rings. The molecular formula is C16H25N3O. The van der Waals surface area contributed by atoms with Gasteiger partial charge >= 0.3 is 0 Å². The minimum atomic E-state index is 0.123. The van der Waals surface area contributed by atoms with Gasteiger partial charge in [0.05, 0.1) is 0 Å². The average Bonchev–Trinajstić information content (AvgIpc) is 3.08. The van der Waals surface area contributed by atoms with E-state index >= 15 is 0 Å². The molecule has 2 fully saturated rings. The highest BCUT2D eigenvalue weighted by Gasteiger charge is 2.22. The molecule has 20 heavy (non-hydrogen) atoms. The van der Waals surface area contributed by atoms with Gasteiger partial charge < -0.3 is 10.1 Å². The normalized spacial score (nSPS) is 22.4. The molecule has 1 N–H and O–H groups in total. The van der Waals surface area contributed by atoms with E-state index in [-0.39, 0.29) is 6.10 Å². The van der Waals surface area contributed by atoms with Crippen molar-refractivity contribution in [2.75, 3.05) is 13.2 Å². The first-order valence-corrected chi connectivity index (χ1v) is 7.93. The molecule has 3 rings (SSSR count). The van der Waals surface area contributed by atoms with Gasteiger partial charge in [-0.05, 0) is 64.5 Å². The summed E-state index contributed by atoms with van der Waals surface area (Å²) < 4.78 is 5.69. The fraction of sp³-hybridized carbons (Fsp3) is 0.750. The number of hydrogen-bond acceptors (Lipinski definition) is 4. The van der Waals surface area contributed by atoms with Crippen molar-refractivity contribution in [1.82, 2.24) is 15.3 Å². The minimum Gasteiger partial charge on any atom is -0.370 e. The molecule has 1 saturated carbocycles. The van der Waals surface area contributed by atoms with Crippen molar-refractivity contribution in [2.24, 2.45) is 0 Å². The van der Waals surface area contributed by atoms with E-state index in [2.05, 4.69) is 29.1 Å². The van der Waals surface area contributed by atoms with E-state index in [1.165, 1.54) is 24.8 Å². The maximum absolute atomic E-state index is 5.69. The second kappa shape index (κ2) is 6.19. The molecule has 0 aromatic carbocycles. The molecule has 0 amide bonds. The summed E-state index contributed by atoms with van der Waals surface area (Å²) in [7, 11) is 0. The van der Waals surface area contributed by atoms with Crippen LogP contribution in [0.5, 0.6) is 0 Å². The molecule has 0 bridgehead atoms. The molecule has 1 atom stereocenters. The number of aryl methyl sites for hydroxylation is 2. The number of hydrogen-bond donors (Lipinski definition) is 1. The second-order valence-corrected chi connectivity index (χ2v) is 6.06. The highest BCUT2D eigenvalue weighted by atomic mass is 16.5. The van der Waals surface area contributed by atoms with Crippen LogP contribution in [0, 0.1) is 13.8 Å². The highest BCUT2D eigenvalue weighted by molar-refractivity contribution is 5.25. The summed E-state index contributed by atoms with van der Waals surface area (Å²) in [5.41, 5.74) is 3.59. The van der Waals surface area contributed by atoms with Gasteiger partial charge in [0, 0.05) is 24.0 Å². The van der Waals surface area contributed by atoms with E-state index in [4.69, 9.17) is 4.74 Å². The summed E-state index contributed by atoms with van der Waals surface area (Å²) >= 11 is 0. The van der Waals surface area contributed by atoms with Crippen molar-refractivity contribution in [3.63, 3.8) is 0 Å². The van der Waals surface area contributed by atoms with Crippen LogP contribution in [0.25, 0.3) is 0 Å². The van der Waals surface area contributed by atoms with Crippen LogP contribution in [-0.4, -0.2) is 29.2 Å². The molecule has 110 valence electrons. The fourth-order valence-corrected chi connectivity index (χ4v) is 2.91. The Balaban J connectivity index is 1.61. The average molecular weight is 275 g/mol. The molecule has 0 spiro atoms. The molecule has 1 saturated heterocycles. The SMILES string of the molecule is Cc1nc(C2CCCO2)nc(C)c1CCCNC1CC1. The fourth-order valence-electron chi connectivity index (χ4n) is 2.91. The van der Waals surface area contributed by atoms with Crippen LogP contribution in [0.1, 0.15) is 61.0 Å². The predicted octanol–water partition coefficient (Wildman–Crippen LogP) is 2.63. The van der Waals surface area contributed by atoms with Gasteiger partial charge in [0.2, 0.25) is 0 Å². The number of ether oxygens (including phenoxy) is 1. The van der Waals surface area contributed by atoms with Crippen molar-refractivity contribution in [3.05, 3.63) is 22.8 Å². The molecule has 0 radical (unpaired) electrons. The predicted molar refractivity (Wildman–Crippen MR) is 78.8 cm³/mol. The maximum atomic E-state index is 5.69. The molecule has 1 aliphatic heterocycles. The Morgan fingerprint density at radius 3 is 2.50 bits per heavy atom. The van der Waals surface area contributed by atoms with E-state index in [9.17, 15) is 0 Å². The molecule has 2 heterocycles. The molecule has 4 heteroatoms. The lowest BCUT2D eigenvalue weighted by atomic mass is 10.1. The summed E-state index contributed by atoms with van der Waals surface area (Å²) in [6.45, 7) is 6.17. The van der Waals surface area contributed by atoms with Gasteiger partial charge in [0.1, 0.15) is 6.10 Å². The Morgan fingerprint density at radius 2 is 1.90 bits per heavy atom. The summed E-state index contributed by atoms with van der Waals surface area (Å²) in [6, 6.07) is 0.801. The number of nitrogens with one attached hydrogen (secondary N) is 1. The van der Waals surface area contributed by atoms with Crippen molar-refractivity contribution in [3.8, 4) is 0 Å². The molecule has 4 nitrogen and oxygen atoms in total. The topological polar surface area (TPSA) is 47.0 Å². The standard InChI is InChI=1S/C16H25N3O/c1-11-14(5-3-9-17-13-7-8-13)12(2)19-16(18-11)15-6-4-10-20-15/h13,15,17H,3-10H2,1-2H3. The van der Waals surface area contributed by atoms with Crippen LogP contribution >= 0.6 is 0 Å². The Bertz CT molecular complexity index is 442. The van der Waals surface area contributed by atoms with Crippen LogP contribution in [0.4, 0.5) is 0 Å². The molecule has 1 aliphatic carbocycles. The van der Waals surface area contributed by atoms with Gasteiger partial charge in [-0.1, -0.05) is 0 Å². The Labute approximate surface area is 121 Å². The first kappa shape index (κ1) is 14.0. The molecule has 1 aromatic heterocycles. The van der Waals surface area contributed by atoms with Gasteiger partial charge in [-0.15, -0.1) is 0 Å². The van der Waals surface area contributed by atoms with Crippen molar-refractivity contribution in [1.29, 1.82) is 0 Å². The lowest BCUT2D eigenvalue weighted by Gasteiger charge is -2.14. The van der Waals surface area contributed by atoms with E-state index in [1.54, 1.807) is 0 Å². The Hall–Kier alpha value is -1.00. The van der Waals surface area contributed by atoms with Gasteiger partial charge in [-0.2, -0.15) is 0 Å². The van der Waals surface area contributed by atoms with Crippen LogP contribution < -0.4 is 5.32 Å².